The minimum Gasteiger partial charge on any atom is -0.369 e. The number of benzene rings is 2. The fourth-order valence-corrected chi connectivity index (χ4v) is 6.85. The molecule has 6 nitrogen and oxygen atoms in total. The van der Waals surface area contributed by atoms with E-state index in [2.05, 4.69) is 32.7 Å². The second-order valence-electron chi connectivity index (χ2n) is 10.1. The van der Waals surface area contributed by atoms with Crippen molar-refractivity contribution in [1.82, 2.24) is 14.5 Å². The van der Waals surface area contributed by atoms with Gasteiger partial charge in [0, 0.05) is 0 Å². The maximum atomic E-state index is 13.1. The number of halogens is 1. The van der Waals surface area contributed by atoms with E-state index < -0.39 is 0 Å². The van der Waals surface area contributed by atoms with Crippen LogP contribution in [0.15, 0.2) is 41.2 Å². The van der Waals surface area contributed by atoms with Gasteiger partial charge in [-0.1, -0.05) is 49.1 Å². The lowest BCUT2D eigenvalue weighted by Gasteiger charge is -2.34. The van der Waals surface area contributed by atoms with Gasteiger partial charge >= 0.3 is 0 Å². The van der Waals surface area contributed by atoms with Crippen LogP contribution in [0.3, 0.4) is 0 Å². The maximum absolute atomic E-state index is 13.1. The van der Waals surface area contributed by atoms with E-state index in [1.54, 1.807) is 6.07 Å². The highest BCUT2D eigenvalue weighted by Gasteiger charge is 2.46. The van der Waals surface area contributed by atoms with Gasteiger partial charge < -0.3 is 5.73 Å². The van der Waals surface area contributed by atoms with Crippen molar-refractivity contribution >= 4 is 28.4 Å². The molecule has 1 spiro atoms. The van der Waals surface area contributed by atoms with Crippen LogP contribution in [-0.4, -0.2) is 40.0 Å². The molecule has 1 saturated heterocycles. The molecule has 1 amide bonds. The van der Waals surface area contributed by atoms with Crippen LogP contribution in [0.25, 0.3) is 16.6 Å². The molecule has 0 unspecified atom stereocenters. The largest absolute Gasteiger partial charge is 0.369 e. The summed E-state index contributed by atoms with van der Waals surface area (Å²) in [6.45, 7) is 2.08. The van der Waals surface area contributed by atoms with Crippen molar-refractivity contribution in [2.45, 2.75) is 56.3 Å². The lowest BCUT2D eigenvalue weighted by molar-refractivity contribution is -0.119. The fourth-order valence-electron chi connectivity index (χ4n) is 6.60. The second-order valence-corrected chi connectivity index (χ2v) is 10.6. The second kappa shape index (κ2) is 8.21. The molecular formula is C27H29ClN4O2. The Morgan fingerprint density at radius 1 is 1.12 bits per heavy atom. The normalized spacial score (nSPS) is 19.9. The molecule has 6 rings (SSSR count). The minimum absolute atomic E-state index is 0.202. The number of rotatable bonds is 3. The number of fused-ring (bicyclic) bond motifs is 7. The van der Waals surface area contributed by atoms with Crippen molar-refractivity contribution in [3.63, 3.8) is 0 Å². The van der Waals surface area contributed by atoms with Gasteiger partial charge in [-0.15, -0.1) is 0 Å². The molecular weight excluding hydrogens is 448 g/mol. The van der Waals surface area contributed by atoms with E-state index >= 15 is 0 Å². The van der Waals surface area contributed by atoms with Crippen LogP contribution in [0, 0.1) is 0 Å². The molecule has 1 aliphatic carbocycles. The number of carbonyl (C=O) groups excluding carboxylic acids is 1. The van der Waals surface area contributed by atoms with Crippen LogP contribution < -0.4 is 11.3 Å². The summed E-state index contributed by atoms with van der Waals surface area (Å²) >= 11 is 6.48. The number of hydrogen-bond acceptors (Lipinski definition) is 4. The zero-order valence-electron chi connectivity index (χ0n) is 19.2. The number of amides is 1. The third kappa shape index (κ3) is 3.30. The van der Waals surface area contributed by atoms with Crippen LogP contribution in [0.1, 0.15) is 67.8 Å². The summed E-state index contributed by atoms with van der Waals surface area (Å²) in [6, 6.07) is 12.6. The van der Waals surface area contributed by atoms with Crippen molar-refractivity contribution in [3.05, 3.63) is 68.7 Å². The van der Waals surface area contributed by atoms with Crippen LogP contribution >= 0.6 is 11.6 Å². The van der Waals surface area contributed by atoms with Gasteiger partial charge in [-0.25, -0.2) is 0 Å². The SMILES string of the molecule is NC(=O)CN1CCC(c2ccc3c(c2)-n2c(nc(=O)c4c(Cl)cccc42)C32CCCCC2)CC1. The van der Waals surface area contributed by atoms with Crippen molar-refractivity contribution in [1.29, 1.82) is 0 Å². The first-order valence-electron chi connectivity index (χ1n) is 12.4. The van der Waals surface area contributed by atoms with E-state index in [9.17, 15) is 9.59 Å². The van der Waals surface area contributed by atoms with Crippen LogP contribution in [0.4, 0.5) is 0 Å². The number of hydrogen-bond donors (Lipinski definition) is 1. The maximum Gasteiger partial charge on any atom is 0.282 e. The summed E-state index contributed by atoms with van der Waals surface area (Å²) in [7, 11) is 0. The van der Waals surface area contributed by atoms with Crippen LogP contribution in [-0.2, 0) is 10.2 Å². The summed E-state index contributed by atoms with van der Waals surface area (Å²) in [5.74, 6) is 1.05. The monoisotopic (exact) mass is 476 g/mol. The quantitative estimate of drug-likeness (QED) is 0.612. The summed E-state index contributed by atoms with van der Waals surface area (Å²) < 4.78 is 2.22. The predicted molar refractivity (Wildman–Crippen MR) is 134 cm³/mol. The van der Waals surface area contributed by atoms with Gasteiger partial charge in [0.15, 0.2) is 0 Å². The summed E-state index contributed by atoms with van der Waals surface area (Å²) in [5, 5.41) is 0.950. The zero-order chi connectivity index (χ0) is 23.4. The van der Waals surface area contributed by atoms with E-state index in [1.807, 2.05) is 12.1 Å². The third-order valence-electron chi connectivity index (χ3n) is 8.22. The van der Waals surface area contributed by atoms with Crippen molar-refractivity contribution < 1.29 is 4.79 Å². The molecule has 34 heavy (non-hydrogen) atoms. The van der Waals surface area contributed by atoms with Gasteiger partial charge in [0.25, 0.3) is 5.56 Å². The van der Waals surface area contributed by atoms with E-state index in [-0.39, 0.29) is 16.9 Å². The van der Waals surface area contributed by atoms with E-state index in [0.717, 1.165) is 68.6 Å². The van der Waals surface area contributed by atoms with Gasteiger partial charge in [-0.05, 0) is 74.0 Å². The Labute approximate surface area is 203 Å². The zero-order valence-corrected chi connectivity index (χ0v) is 20.0. The molecule has 176 valence electrons. The molecule has 3 aliphatic rings. The number of aromatic nitrogens is 2. The molecule has 3 heterocycles. The molecule has 1 saturated carbocycles. The van der Waals surface area contributed by atoms with Crippen molar-refractivity contribution in [2.75, 3.05) is 19.6 Å². The number of nitrogens with zero attached hydrogens (tertiary/aromatic N) is 3. The number of likely N-dealkylation sites (tertiary alicyclic amines) is 1. The molecule has 7 heteroatoms. The fraction of sp³-hybridized carbons (Fsp3) is 0.444. The molecule has 3 aromatic rings. The van der Waals surface area contributed by atoms with Gasteiger partial charge in [-0.2, -0.15) is 4.98 Å². The first-order chi connectivity index (χ1) is 16.5. The molecule has 0 atom stereocenters. The van der Waals surface area contributed by atoms with Crippen LogP contribution in [0.2, 0.25) is 5.02 Å². The van der Waals surface area contributed by atoms with Gasteiger partial charge in [0.05, 0.1) is 33.6 Å². The highest BCUT2D eigenvalue weighted by molar-refractivity contribution is 6.35. The minimum atomic E-state index is -0.266. The van der Waals surface area contributed by atoms with Crippen molar-refractivity contribution in [2.24, 2.45) is 5.73 Å². The predicted octanol–water partition coefficient (Wildman–Crippen LogP) is 4.27. The van der Waals surface area contributed by atoms with Crippen LogP contribution in [0.5, 0.6) is 0 Å². The highest BCUT2D eigenvalue weighted by Crippen LogP contribution is 2.52. The molecule has 1 aromatic heterocycles. The Hall–Kier alpha value is -2.70. The van der Waals surface area contributed by atoms with Gasteiger partial charge in [0.2, 0.25) is 5.91 Å². The first kappa shape index (κ1) is 21.8. The standard InChI is InChI=1S/C27H29ClN4O2/c28-20-5-4-6-21-24(20)25(34)30-26-27(11-2-1-3-12-27)19-8-7-18(15-22(19)32(21)26)17-9-13-31(14-10-17)16-23(29)33/h4-8,15,17H,1-3,9-14,16H2,(H2,29,33). The Morgan fingerprint density at radius 2 is 1.88 bits per heavy atom. The smallest absolute Gasteiger partial charge is 0.282 e. The Balaban J connectivity index is 1.48. The molecule has 2 aliphatic heterocycles. The lowest BCUT2D eigenvalue weighted by Crippen LogP contribution is -2.39. The lowest BCUT2D eigenvalue weighted by atomic mass is 9.69. The topological polar surface area (TPSA) is 81.2 Å². The number of carbonyl (C=O) groups is 1. The van der Waals surface area contributed by atoms with E-state index in [0.29, 0.717) is 22.9 Å². The first-order valence-corrected chi connectivity index (χ1v) is 12.7. The molecule has 2 N–H and O–H groups in total. The summed E-state index contributed by atoms with van der Waals surface area (Å²) in [5.41, 5.74) is 9.55. The molecule has 2 fully saturated rings. The molecule has 2 aromatic carbocycles. The summed E-state index contributed by atoms with van der Waals surface area (Å²) in [4.78, 5) is 31.2. The average Bonchev–Trinajstić information content (AvgIpc) is 3.08. The molecule has 0 bridgehead atoms. The number of piperidine rings is 1. The Bertz CT molecular complexity index is 1350. The average molecular weight is 477 g/mol. The highest BCUT2D eigenvalue weighted by atomic mass is 35.5. The number of primary amides is 1. The third-order valence-corrected chi connectivity index (χ3v) is 8.53. The Kier molecular flexibility index (Phi) is 5.26. The van der Waals surface area contributed by atoms with E-state index in [1.165, 1.54) is 17.5 Å². The summed E-state index contributed by atoms with van der Waals surface area (Å²) in [6.07, 6.45) is 7.54. The number of nitrogens with two attached hydrogens (primary N) is 1. The van der Waals surface area contributed by atoms with Crippen molar-refractivity contribution in [3.8, 4) is 5.69 Å². The Morgan fingerprint density at radius 3 is 2.62 bits per heavy atom. The molecule has 0 radical (unpaired) electrons. The van der Waals surface area contributed by atoms with Gasteiger partial charge in [0.1, 0.15) is 5.82 Å². The van der Waals surface area contributed by atoms with E-state index in [4.69, 9.17) is 17.3 Å². The van der Waals surface area contributed by atoms with Gasteiger partial charge in [-0.3, -0.25) is 19.1 Å².